The lowest BCUT2D eigenvalue weighted by molar-refractivity contribution is -0.384. The lowest BCUT2D eigenvalue weighted by atomic mass is 10.0. The van der Waals surface area contributed by atoms with Crippen LogP contribution in [-0.2, 0) is 0 Å². The highest BCUT2D eigenvalue weighted by molar-refractivity contribution is 7.71. The summed E-state index contributed by atoms with van der Waals surface area (Å²) in [4.78, 5) is 15.3. The molecule has 2 aromatic carbocycles. The number of rotatable bonds is 3. The first-order valence-electron chi connectivity index (χ1n) is 8.06. The zero-order chi connectivity index (χ0) is 18.4. The van der Waals surface area contributed by atoms with Crippen molar-refractivity contribution in [2.75, 3.05) is 6.79 Å². The molecule has 0 N–H and O–H groups in total. The van der Waals surface area contributed by atoms with Gasteiger partial charge in [0, 0.05) is 35.2 Å². The van der Waals surface area contributed by atoms with Crippen molar-refractivity contribution in [2.24, 2.45) is 0 Å². The number of nitro groups is 1. The summed E-state index contributed by atoms with van der Waals surface area (Å²) in [5.41, 5.74) is 2.07. The van der Waals surface area contributed by atoms with Gasteiger partial charge in [0.05, 0.1) is 16.1 Å². The normalized spacial score (nSPS) is 12.7. The van der Waals surface area contributed by atoms with Crippen LogP contribution in [0.2, 0.25) is 0 Å². The van der Waals surface area contributed by atoms with Gasteiger partial charge in [0.25, 0.3) is 5.69 Å². The maximum atomic E-state index is 11.1. The third-order valence-electron chi connectivity index (χ3n) is 4.27. The molecule has 0 spiro atoms. The van der Waals surface area contributed by atoms with E-state index in [0.717, 1.165) is 10.9 Å². The van der Waals surface area contributed by atoms with Crippen molar-refractivity contribution in [1.82, 2.24) is 9.55 Å². The molecule has 8 heteroatoms. The van der Waals surface area contributed by atoms with Crippen LogP contribution >= 0.6 is 12.2 Å². The quantitative estimate of drug-likeness (QED) is 0.380. The molecule has 1 aliphatic rings. The number of nitro benzene ring substituents is 1. The summed E-state index contributed by atoms with van der Waals surface area (Å²) in [6, 6.07) is 10.2. The molecule has 0 saturated heterocycles. The van der Waals surface area contributed by atoms with E-state index in [-0.39, 0.29) is 18.5 Å². The van der Waals surface area contributed by atoms with E-state index >= 15 is 0 Å². The molecule has 26 heavy (non-hydrogen) atoms. The van der Waals surface area contributed by atoms with Gasteiger partial charge in [-0.15, -0.1) is 0 Å². The summed E-state index contributed by atoms with van der Waals surface area (Å²) in [6.07, 6.45) is 0. The summed E-state index contributed by atoms with van der Waals surface area (Å²) < 4.78 is 13.3. The lowest BCUT2D eigenvalue weighted by Gasteiger charge is -2.17. The fraction of sp³-hybridized carbons (Fsp3) is 0.222. The highest BCUT2D eigenvalue weighted by Crippen LogP contribution is 2.40. The molecule has 4 rings (SSSR count). The van der Waals surface area contributed by atoms with Crippen LogP contribution in [0.3, 0.4) is 0 Å². The second-order valence-corrected chi connectivity index (χ2v) is 6.60. The first-order valence-corrected chi connectivity index (χ1v) is 8.47. The maximum Gasteiger partial charge on any atom is 0.270 e. The molecule has 1 aliphatic heterocycles. The SMILES string of the molecule is CC(C)n1c(=S)nc(-c2cccc([N+](=O)[O-])c2)c2cc3c(cc21)OCO3. The minimum absolute atomic E-state index is 0.00435. The molecule has 0 atom stereocenters. The summed E-state index contributed by atoms with van der Waals surface area (Å²) in [6.45, 7) is 4.21. The van der Waals surface area contributed by atoms with Crippen molar-refractivity contribution in [3.8, 4) is 22.8 Å². The van der Waals surface area contributed by atoms with Gasteiger partial charge in [-0.25, -0.2) is 4.98 Å². The van der Waals surface area contributed by atoms with Gasteiger partial charge in [0.1, 0.15) is 0 Å². The topological polar surface area (TPSA) is 79.4 Å². The lowest BCUT2D eigenvalue weighted by Crippen LogP contribution is -2.08. The fourth-order valence-corrected chi connectivity index (χ4v) is 3.52. The minimum atomic E-state index is -0.424. The molecule has 7 nitrogen and oxygen atoms in total. The average Bonchev–Trinajstić information content (AvgIpc) is 3.06. The molecule has 0 bridgehead atoms. The Hall–Kier alpha value is -3.00. The van der Waals surface area contributed by atoms with E-state index < -0.39 is 4.92 Å². The molecule has 0 fully saturated rings. The zero-order valence-electron chi connectivity index (χ0n) is 14.1. The van der Waals surface area contributed by atoms with Crippen LogP contribution in [0.15, 0.2) is 36.4 Å². The number of benzene rings is 2. The Morgan fingerprint density at radius 3 is 2.65 bits per heavy atom. The van der Waals surface area contributed by atoms with E-state index in [1.165, 1.54) is 12.1 Å². The van der Waals surface area contributed by atoms with E-state index in [1.807, 2.05) is 30.5 Å². The van der Waals surface area contributed by atoms with Crippen LogP contribution in [0.1, 0.15) is 19.9 Å². The summed E-state index contributed by atoms with van der Waals surface area (Å²) in [5, 5.41) is 11.9. The van der Waals surface area contributed by atoms with Gasteiger partial charge in [-0.05, 0) is 32.1 Å². The van der Waals surface area contributed by atoms with Crippen LogP contribution in [-0.4, -0.2) is 21.3 Å². The van der Waals surface area contributed by atoms with Crippen LogP contribution < -0.4 is 9.47 Å². The Kier molecular flexibility index (Phi) is 3.84. The fourth-order valence-electron chi connectivity index (χ4n) is 3.12. The predicted molar refractivity (Wildman–Crippen MR) is 99.2 cm³/mol. The Labute approximate surface area is 154 Å². The van der Waals surface area contributed by atoms with Crippen LogP contribution in [0, 0.1) is 14.9 Å². The summed E-state index contributed by atoms with van der Waals surface area (Å²) in [5.74, 6) is 1.27. The second-order valence-electron chi connectivity index (χ2n) is 6.24. The van der Waals surface area contributed by atoms with Crippen molar-refractivity contribution in [3.63, 3.8) is 0 Å². The average molecular weight is 369 g/mol. The monoisotopic (exact) mass is 369 g/mol. The second kappa shape index (κ2) is 6.06. The molecule has 0 unspecified atom stereocenters. The van der Waals surface area contributed by atoms with Gasteiger partial charge in [-0.1, -0.05) is 12.1 Å². The van der Waals surface area contributed by atoms with Gasteiger partial charge < -0.3 is 14.0 Å². The van der Waals surface area contributed by atoms with Crippen molar-refractivity contribution >= 4 is 28.8 Å². The molecule has 132 valence electrons. The Morgan fingerprint density at radius 2 is 1.96 bits per heavy atom. The van der Waals surface area contributed by atoms with E-state index in [9.17, 15) is 10.1 Å². The Morgan fingerprint density at radius 1 is 1.23 bits per heavy atom. The number of nitrogens with zero attached hydrogens (tertiary/aromatic N) is 3. The number of non-ortho nitro benzene ring substituents is 1. The molecule has 0 saturated carbocycles. The molecule has 3 aromatic rings. The highest BCUT2D eigenvalue weighted by Gasteiger charge is 2.20. The Balaban J connectivity index is 2.07. The zero-order valence-corrected chi connectivity index (χ0v) is 14.9. The maximum absolute atomic E-state index is 11.1. The van der Waals surface area contributed by atoms with Crippen molar-refractivity contribution in [1.29, 1.82) is 0 Å². The standard InChI is InChI=1S/C18H15N3O4S/c1-10(2)20-14-8-16-15(24-9-25-16)7-13(14)17(19-18(20)26)11-4-3-5-12(6-11)21(22)23/h3-8,10H,9H2,1-2H3. The third-order valence-corrected chi connectivity index (χ3v) is 4.55. The molecule has 2 heterocycles. The third kappa shape index (κ3) is 2.59. The van der Waals surface area contributed by atoms with E-state index in [0.29, 0.717) is 27.5 Å². The van der Waals surface area contributed by atoms with Crippen molar-refractivity contribution in [2.45, 2.75) is 19.9 Å². The van der Waals surface area contributed by atoms with Gasteiger partial charge in [0.2, 0.25) is 11.6 Å². The molecule has 0 radical (unpaired) electrons. The summed E-state index contributed by atoms with van der Waals surface area (Å²) in [7, 11) is 0. The smallest absolute Gasteiger partial charge is 0.270 e. The number of hydrogen-bond donors (Lipinski definition) is 0. The highest BCUT2D eigenvalue weighted by atomic mass is 32.1. The van der Waals surface area contributed by atoms with Crippen LogP contribution in [0.4, 0.5) is 5.69 Å². The molecular weight excluding hydrogens is 354 g/mol. The number of aromatic nitrogens is 2. The summed E-state index contributed by atoms with van der Waals surface area (Å²) >= 11 is 5.50. The van der Waals surface area contributed by atoms with Gasteiger partial charge in [0.15, 0.2) is 11.5 Å². The molecule has 0 amide bonds. The largest absolute Gasteiger partial charge is 0.454 e. The molecule has 1 aromatic heterocycles. The van der Waals surface area contributed by atoms with Crippen molar-refractivity contribution in [3.05, 3.63) is 51.3 Å². The first kappa shape index (κ1) is 16.5. The van der Waals surface area contributed by atoms with E-state index in [2.05, 4.69) is 4.98 Å². The molecular formula is C18H15N3O4S. The minimum Gasteiger partial charge on any atom is -0.454 e. The van der Waals surface area contributed by atoms with Crippen molar-refractivity contribution < 1.29 is 14.4 Å². The number of hydrogen-bond acceptors (Lipinski definition) is 6. The van der Waals surface area contributed by atoms with Gasteiger partial charge >= 0.3 is 0 Å². The van der Waals surface area contributed by atoms with Gasteiger partial charge in [-0.2, -0.15) is 0 Å². The molecule has 0 aliphatic carbocycles. The number of ether oxygens (including phenoxy) is 2. The van der Waals surface area contributed by atoms with E-state index in [4.69, 9.17) is 21.7 Å². The predicted octanol–water partition coefficient (Wildman–Crippen LogP) is 4.65. The Bertz CT molecular complexity index is 1110. The van der Waals surface area contributed by atoms with Crippen LogP contribution in [0.5, 0.6) is 11.5 Å². The first-order chi connectivity index (χ1) is 12.5. The van der Waals surface area contributed by atoms with Crippen LogP contribution in [0.25, 0.3) is 22.2 Å². The van der Waals surface area contributed by atoms with E-state index in [1.54, 1.807) is 12.1 Å². The number of fused-ring (bicyclic) bond motifs is 2. The van der Waals surface area contributed by atoms with Gasteiger partial charge in [-0.3, -0.25) is 10.1 Å².